The van der Waals surface area contributed by atoms with Crippen molar-refractivity contribution in [3.8, 4) is 0 Å². The highest BCUT2D eigenvalue weighted by Gasteiger charge is 2.37. The molecule has 138 valence electrons. The number of nitrogens with zero attached hydrogens (tertiary/aromatic N) is 1. The highest BCUT2D eigenvalue weighted by Crippen LogP contribution is 2.45. The van der Waals surface area contributed by atoms with Crippen molar-refractivity contribution in [3.63, 3.8) is 0 Å². The Balaban J connectivity index is 0.00000144. The van der Waals surface area contributed by atoms with E-state index in [1.54, 1.807) is 6.07 Å². The second kappa shape index (κ2) is 9.08. The molecule has 1 aliphatic carbocycles. The van der Waals surface area contributed by atoms with Crippen molar-refractivity contribution in [3.05, 3.63) is 33.8 Å². The smallest absolute Gasteiger partial charge is 0.314 e. The fourth-order valence-electron chi connectivity index (χ4n) is 3.41. The molecule has 1 N–H and O–H groups in total. The lowest BCUT2D eigenvalue weighted by molar-refractivity contribution is -0.137. The van der Waals surface area contributed by atoms with Crippen LogP contribution >= 0.6 is 40.7 Å². The van der Waals surface area contributed by atoms with Gasteiger partial charge in [-0.1, -0.05) is 22.4 Å². The first-order valence-electron chi connectivity index (χ1n) is 7.78. The van der Waals surface area contributed by atoms with Gasteiger partial charge in [0.25, 0.3) is 0 Å². The van der Waals surface area contributed by atoms with Crippen molar-refractivity contribution in [1.82, 2.24) is 10.2 Å². The van der Waals surface area contributed by atoms with Gasteiger partial charge in [-0.25, -0.2) is 0 Å². The van der Waals surface area contributed by atoms with Gasteiger partial charge in [-0.05, 0) is 42.5 Å². The summed E-state index contributed by atoms with van der Waals surface area (Å²) < 4.78 is 40.0. The molecular formula is C16H22BrCl2F3N2. The van der Waals surface area contributed by atoms with E-state index in [1.807, 2.05) is 0 Å². The second-order valence-electron chi connectivity index (χ2n) is 6.16. The van der Waals surface area contributed by atoms with E-state index < -0.39 is 11.7 Å². The van der Waals surface area contributed by atoms with Gasteiger partial charge in [-0.2, -0.15) is 13.2 Å². The van der Waals surface area contributed by atoms with Gasteiger partial charge in [0.05, 0.1) is 5.56 Å². The zero-order valence-corrected chi connectivity index (χ0v) is 16.3. The minimum Gasteiger partial charge on any atom is -0.314 e. The van der Waals surface area contributed by atoms with Crippen LogP contribution < -0.4 is 5.32 Å². The lowest BCUT2D eigenvalue weighted by Gasteiger charge is -2.43. The summed E-state index contributed by atoms with van der Waals surface area (Å²) in [5.41, 5.74) is 0.242. The van der Waals surface area contributed by atoms with Crippen LogP contribution in [0, 0.1) is 5.92 Å². The van der Waals surface area contributed by atoms with Gasteiger partial charge >= 0.3 is 6.18 Å². The summed E-state index contributed by atoms with van der Waals surface area (Å²) in [6.07, 6.45) is -0.887. The Morgan fingerprint density at radius 2 is 1.75 bits per heavy atom. The van der Waals surface area contributed by atoms with Gasteiger partial charge in [0.1, 0.15) is 0 Å². The highest BCUT2D eigenvalue weighted by molar-refractivity contribution is 9.10. The Labute approximate surface area is 161 Å². The SMILES string of the molecule is Cl.Cl.FC(F)(F)c1ccc(Br)c([C@H](C2CCC2)N2CCNCC2)c1. The molecule has 24 heavy (non-hydrogen) atoms. The number of benzene rings is 1. The van der Waals surface area contributed by atoms with Crippen molar-refractivity contribution >= 4 is 40.7 Å². The molecule has 2 fully saturated rings. The maximum absolute atomic E-state index is 13.1. The van der Waals surface area contributed by atoms with E-state index in [1.165, 1.54) is 12.5 Å². The van der Waals surface area contributed by atoms with Crippen LogP contribution in [0.15, 0.2) is 22.7 Å². The molecule has 1 aromatic carbocycles. The van der Waals surface area contributed by atoms with Crippen LogP contribution in [-0.4, -0.2) is 31.1 Å². The van der Waals surface area contributed by atoms with Gasteiger partial charge in [0.2, 0.25) is 0 Å². The van der Waals surface area contributed by atoms with Gasteiger partial charge in [-0.15, -0.1) is 24.8 Å². The summed E-state index contributed by atoms with van der Waals surface area (Å²) in [7, 11) is 0. The quantitative estimate of drug-likeness (QED) is 0.693. The molecule has 3 rings (SSSR count). The Hall–Kier alpha value is -0.0100. The molecule has 8 heteroatoms. The molecule has 0 radical (unpaired) electrons. The Morgan fingerprint density at radius 1 is 1.12 bits per heavy atom. The number of halogens is 6. The zero-order chi connectivity index (χ0) is 15.7. The second-order valence-corrected chi connectivity index (χ2v) is 7.01. The van der Waals surface area contributed by atoms with Gasteiger partial charge in [0.15, 0.2) is 0 Å². The molecule has 2 nitrogen and oxygen atoms in total. The van der Waals surface area contributed by atoms with Crippen LogP contribution in [0.4, 0.5) is 13.2 Å². The molecule has 0 unspecified atom stereocenters. The minimum absolute atomic E-state index is 0. The number of hydrogen-bond acceptors (Lipinski definition) is 2. The Kier molecular flexibility index (Phi) is 8.34. The van der Waals surface area contributed by atoms with E-state index in [9.17, 15) is 13.2 Å². The first-order valence-corrected chi connectivity index (χ1v) is 8.57. The van der Waals surface area contributed by atoms with Crippen molar-refractivity contribution in [2.24, 2.45) is 5.92 Å². The number of piperazine rings is 1. The largest absolute Gasteiger partial charge is 0.416 e. The fourth-order valence-corrected chi connectivity index (χ4v) is 3.89. The molecule has 0 spiro atoms. The van der Waals surface area contributed by atoms with Gasteiger partial charge in [0, 0.05) is 36.7 Å². The predicted molar refractivity (Wildman–Crippen MR) is 98.2 cm³/mol. The molecule has 2 aliphatic rings. The van der Waals surface area contributed by atoms with Gasteiger partial charge < -0.3 is 5.32 Å². The van der Waals surface area contributed by atoms with Crippen LogP contribution in [0.1, 0.15) is 36.4 Å². The van der Waals surface area contributed by atoms with Crippen LogP contribution in [-0.2, 0) is 6.18 Å². The molecule has 1 heterocycles. The summed E-state index contributed by atoms with van der Waals surface area (Å²) in [5.74, 6) is 0.470. The van der Waals surface area contributed by atoms with E-state index in [0.29, 0.717) is 5.92 Å². The summed E-state index contributed by atoms with van der Waals surface area (Å²) in [4.78, 5) is 2.35. The van der Waals surface area contributed by atoms with Crippen molar-refractivity contribution in [2.75, 3.05) is 26.2 Å². The monoisotopic (exact) mass is 448 g/mol. The minimum atomic E-state index is -4.29. The van der Waals surface area contributed by atoms with Crippen molar-refractivity contribution < 1.29 is 13.2 Å². The van der Waals surface area contributed by atoms with Crippen molar-refractivity contribution in [2.45, 2.75) is 31.5 Å². The summed E-state index contributed by atoms with van der Waals surface area (Å²) in [6, 6.07) is 4.14. The van der Waals surface area contributed by atoms with Crippen LogP contribution in [0.25, 0.3) is 0 Å². The summed E-state index contributed by atoms with van der Waals surface area (Å²) in [5, 5.41) is 3.31. The highest BCUT2D eigenvalue weighted by atomic mass is 79.9. The molecular weight excluding hydrogens is 428 g/mol. The van der Waals surface area contributed by atoms with E-state index >= 15 is 0 Å². The van der Waals surface area contributed by atoms with E-state index in [4.69, 9.17) is 0 Å². The number of nitrogens with one attached hydrogen (secondary N) is 1. The first-order chi connectivity index (χ1) is 10.5. The first kappa shape index (κ1) is 22.0. The Morgan fingerprint density at radius 3 is 2.25 bits per heavy atom. The predicted octanol–water partition coefficient (Wildman–Crippen LogP) is 5.06. The van der Waals surface area contributed by atoms with E-state index in [-0.39, 0.29) is 30.9 Å². The van der Waals surface area contributed by atoms with Crippen LogP contribution in [0.5, 0.6) is 0 Å². The van der Waals surface area contributed by atoms with Crippen LogP contribution in [0.3, 0.4) is 0 Å². The van der Waals surface area contributed by atoms with Crippen molar-refractivity contribution in [1.29, 1.82) is 0 Å². The van der Waals surface area contributed by atoms with E-state index in [2.05, 4.69) is 26.1 Å². The molecule has 1 saturated heterocycles. The third-order valence-corrected chi connectivity index (χ3v) is 5.51. The summed E-state index contributed by atoms with van der Waals surface area (Å²) in [6.45, 7) is 3.59. The molecule has 1 atom stereocenters. The lowest BCUT2D eigenvalue weighted by Crippen LogP contribution is -2.48. The molecule has 0 bridgehead atoms. The standard InChI is InChI=1S/C16H20BrF3N2.2ClH/c17-14-5-4-12(16(18,19)20)10-13(14)15(11-2-1-3-11)22-8-6-21-7-9-22;;/h4-5,10-11,15,21H,1-3,6-9H2;2*1H/t15-;;/m0../s1. The molecule has 0 aromatic heterocycles. The molecule has 0 amide bonds. The molecule has 1 aromatic rings. The fraction of sp³-hybridized carbons (Fsp3) is 0.625. The van der Waals surface area contributed by atoms with E-state index in [0.717, 1.165) is 55.1 Å². The summed E-state index contributed by atoms with van der Waals surface area (Å²) >= 11 is 3.48. The number of alkyl halides is 3. The molecule has 1 saturated carbocycles. The van der Waals surface area contributed by atoms with Gasteiger partial charge in [-0.3, -0.25) is 4.90 Å². The average molecular weight is 450 g/mol. The normalized spacial score (nSPS) is 20.5. The topological polar surface area (TPSA) is 15.3 Å². The average Bonchev–Trinajstić information content (AvgIpc) is 2.43. The third kappa shape index (κ3) is 4.79. The maximum atomic E-state index is 13.1. The molecule has 1 aliphatic heterocycles. The number of hydrogen-bond donors (Lipinski definition) is 1. The zero-order valence-electron chi connectivity index (χ0n) is 13.1. The maximum Gasteiger partial charge on any atom is 0.416 e. The lowest BCUT2D eigenvalue weighted by atomic mass is 9.76. The Bertz CT molecular complexity index is 533. The third-order valence-electron chi connectivity index (χ3n) is 4.78. The van der Waals surface area contributed by atoms with Crippen LogP contribution in [0.2, 0.25) is 0 Å². The number of rotatable bonds is 3.